The minimum atomic E-state index is -0.244. The Kier molecular flexibility index (Phi) is 3.74. The number of amides is 1. The number of hydrogen-bond donors (Lipinski definition) is 2. The molecule has 6 heteroatoms. The zero-order valence-corrected chi connectivity index (χ0v) is 11.1. The van der Waals surface area contributed by atoms with Gasteiger partial charge in [-0.2, -0.15) is 0 Å². The summed E-state index contributed by atoms with van der Waals surface area (Å²) in [4.78, 5) is 12.5. The number of rotatable bonds is 3. The summed E-state index contributed by atoms with van der Waals surface area (Å²) in [5.74, 6) is 0.385. The number of nitrogens with one attached hydrogen (secondary N) is 1. The minimum Gasteiger partial charge on any atom is -0.497 e. The Morgan fingerprint density at radius 2 is 2.17 bits per heavy atom. The molecule has 0 spiro atoms. The molecule has 0 saturated heterocycles. The average molecular weight is 283 g/mol. The van der Waals surface area contributed by atoms with Crippen LogP contribution in [0.2, 0.25) is 4.34 Å². The van der Waals surface area contributed by atoms with Gasteiger partial charge in [0.15, 0.2) is 0 Å². The maximum absolute atomic E-state index is 11.9. The van der Waals surface area contributed by atoms with E-state index in [-0.39, 0.29) is 5.91 Å². The summed E-state index contributed by atoms with van der Waals surface area (Å²) < 4.78 is 5.64. The number of ether oxygens (including phenoxy) is 1. The van der Waals surface area contributed by atoms with Crippen molar-refractivity contribution in [1.82, 2.24) is 0 Å². The van der Waals surface area contributed by atoms with Crippen molar-refractivity contribution >= 4 is 40.2 Å². The molecule has 0 aliphatic rings. The normalized spacial score (nSPS) is 10.1. The molecule has 2 aromatic rings. The van der Waals surface area contributed by atoms with Gasteiger partial charge < -0.3 is 15.8 Å². The van der Waals surface area contributed by atoms with Crippen LogP contribution in [0.25, 0.3) is 0 Å². The van der Waals surface area contributed by atoms with Crippen molar-refractivity contribution in [3.05, 3.63) is 39.5 Å². The maximum Gasteiger partial charge on any atom is 0.265 e. The van der Waals surface area contributed by atoms with Crippen molar-refractivity contribution in [3.8, 4) is 5.75 Å². The van der Waals surface area contributed by atoms with Crippen LogP contribution in [0.15, 0.2) is 30.3 Å². The summed E-state index contributed by atoms with van der Waals surface area (Å²) in [5, 5.41) is 2.72. The van der Waals surface area contributed by atoms with Crippen LogP contribution in [0.4, 0.5) is 11.4 Å². The van der Waals surface area contributed by atoms with Gasteiger partial charge in [-0.05, 0) is 24.3 Å². The topological polar surface area (TPSA) is 64.3 Å². The number of benzene rings is 1. The van der Waals surface area contributed by atoms with Gasteiger partial charge in [0.2, 0.25) is 0 Å². The highest BCUT2D eigenvalue weighted by molar-refractivity contribution is 7.18. The third-order valence-corrected chi connectivity index (χ3v) is 3.54. The van der Waals surface area contributed by atoms with E-state index in [0.717, 1.165) is 0 Å². The summed E-state index contributed by atoms with van der Waals surface area (Å²) in [6, 6.07) is 8.42. The quantitative estimate of drug-likeness (QED) is 0.850. The fourth-order valence-electron chi connectivity index (χ4n) is 1.39. The van der Waals surface area contributed by atoms with E-state index in [1.165, 1.54) is 11.3 Å². The molecule has 1 aromatic carbocycles. The van der Waals surface area contributed by atoms with Gasteiger partial charge in [0.25, 0.3) is 5.91 Å². The number of halogens is 1. The van der Waals surface area contributed by atoms with Gasteiger partial charge in [-0.1, -0.05) is 11.6 Å². The maximum atomic E-state index is 11.9. The Labute approximate surface area is 113 Å². The van der Waals surface area contributed by atoms with Crippen LogP contribution in [0.5, 0.6) is 5.75 Å². The summed E-state index contributed by atoms with van der Waals surface area (Å²) >= 11 is 6.99. The Morgan fingerprint density at radius 1 is 1.39 bits per heavy atom. The molecule has 2 rings (SSSR count). The smallest absolute Gasteiger partial charge is 0.265 e. The molecule has 1 aromatic heterocycles. The van der Waals surface area contributed by atoms with Crippen LogP contribution < -0.4 is 15.8 Å². The summed E-state index contributed by atoms with van der Waals surface area (Å²) in [5.41, 5.74) is 6.78. The highest BCUT2D eigenvalue weighted by atomic mass is 35.5. The molecule has 0 saturated carbocycles. The standard InChI is InChI=1S/C12H11ClN2O2S/c1-17-7-2-3-8(14)9(6-7)15-12(16)10-4-5-11(13)18-10/h2-6H,14H2,1H3,(H,15,16). The first-order chi connectivity index (χ1) is 8.60. The van der Waals surface area contributed by atoms with Crippen LogP contribution in [0, 0.1) is 0 Å². The van der Waals surface area contributed by atoms with Gasteiger partial charge in [-0.3, -0.25) is 4.79 Å². The molecule has 18 heavy (non-hydrogen) atoms. The number of methoxy groups -OCH3 is 1. The second-order valence-electron chi connectivity index (χ2n) is 3.51. The molecule has 0 bridgehead atoms. The molecule has 0 aliphatic heterocycles. The molecular formula is C12H11ClN2O2S. The molecule has 0 radical (unpaired) electrons. The van der Waals surface area contributed by atoms with E-state index in [0.29, 0.717) is 26.3 Å². The molecule has 3 N–H and O–H groups in total. The van der Waals surface area contributed by atoms with Gasteiger partial charge in [-0.25, -0.2) is 0 Å². The summed E-state index contributed by atoms with van der Waals surface area (Å²) in [6.45, 7) is 0. The van der Waals surface area contributed by atoms with Crippen LogP contribution >= 0.6 is 22.9 Å². The van der Waals surface area contributed by atoms with E-state index in [2.05, 4.69) is 5.32 Å². The predicted octanol–water partition coefficient (Wildman–Crippen LogP) is 3.24. The zero-order valence-electron chi connectivity index (χ0n) is 9.57. The van der Waals surface area contributed by atoms with Gasteiger partial charge in [-0.15, -0.1) is 11.3 Å². The van der Waals surface area contributed by atoms with E-state index in [1.54, 1.807) is 37.4 Å². The highest BCUT2D eigenvalue weighted by Crippen LogP contribution is 2.27. The van der Waals surface area contributed by atoms with Crippen LogP contribution in [0.3, 0.4) is 0 Å². The molecule has 1 heterocycles. The third-order valence-electron chi connectivity index (χ3n) is 2.31. The molecule has 94 valence electrons. The first kappa shape index (κ1) is 12.7. The molecule has 4 nitrogen and oxygen atoms in total. The van der Waals surface area contributed by atoms with E-state index in [1.807, 2.05) is 0 Å². The lowest BCUT2D eigenvalue weighted by Gasteiger charge is -2.09. The lowest BCUT2D eigenvalue weighted by Crippen LogP contribution is -2.11. The average Bonchev–Trinajstić information content (AvgIpc) is 2.79. The molecule has 0 fully saturated rings. The van der Waals surface area contributed by atoms with E-state index in [4.69, 9.17) is 22.1 Å². The van der Waals surface area contributed by atoms with Crippen molar-refractivity contribution in [2.75, 3.05) is 18.2 Å². The minimum absolute atomic E-state index is 0.244. The SMILES string of the molecule is COc1ccc(N)c(NC(=O)c2ccc(Cl)s2)c1. The third kappa shape index (κ3) is 2.75. The van der Waals surface area contributed by atoms with E-state index >= 15 is 0 Å². The number of hydrogen-bond acceptors (Lipinski definition) is 4. The molecule has 0 unspecified atom stereocenters. The van der Waals surface area contributed by atoms with Crippen molar-refractivity contribution < 1.29 is 9.53 Å². The Hall–Kier alpha value is -1.72. The number of thiophene rings is 1. The molecule has 1 amide bonds. The molecule has 0 atom stereocenters. The number of carbonyl (C=O) groups is 1. The van der Waals surface area contributed by atoms with Gasteiger partial charge in [0.05, 0.1) is 27.7 Å². The molecular weight excluding hydrogens is 272 g/mol. The lowest BCUT2D eigenvalue weighted by molar-refractivity contribution is 0.103. The first-order valence-corrected chi connectivity index (χ1v) is 6.30. The van der Waals surface area contributed by atoms with Crippen molar-refractivity contribution in [2.45, 2.75) is 0 Å². The Bertz CT molecular complexity index is 583. The summed E-state index contributed by atoms with van der Waals surface area (Å²) in [7, 11) is 1.55. The van der Waals surface area contributed by atoms with Crippen LogP contribution in [-0.2, 0) is 0 Å². The number of nitrogens with two attached hydrogens (primary N) is 1. The predicted molar refractivity (Wildman–Crippen MR) is 74.7 cm³/mol. The Balaban J connectivity index is 2.21. The highest BCUT2D eigenvalue weighted by Gasteiger charge is 2.11. The lowest BCUT2D eigenvalue weighted by atomic mass is 10.2. The second-order valence-corrected chi connectivity index (χ2v) is 5.23. The second kappa shape index (κ2) is 5.29. The zero-order chi connectivity index (χ0) is 13.1. The Morgan fingerprint density at radius 3 is 2.78 bits per heavy atom. The number of nitrogen functional groups attached to an aromatic ring is 1. The van der Waals surface area contributed by atoms with Crippen molar-refractivity contribution in [1.29, 1.82) is 0 Å². The monoisotopic (exact) mass is 282 g/mol. The van der Waals surface area contributed by atoms with Gasteiger partial charge >= 0.3 is 0 Å². The van der Waals surface area contributed by atoms with Crippen molar-refractivity contribution in [3.63, 3.8) is 0 Å². The number of carbonyl (C=O) groups excluding carboxylic acids is 1. The van der Waals surface area contributed by atoms with Gasteiger partial charge in [0, 0.05) is 6.07 Å². The summed E-state index contributed by atoms with van der Waals surface area (Å²) in [6.07, 6.45) is 0. The van der Waals surface area contributed by atoms with Gasteiger partial charge in [0.1, 0.15) is 5.75 Å². The molecule has 0 aliphatic carbocycles. The number of anilines is 2. The fraction of sp³-hybridized carbons (Fsp3) is 0.0833. The van der Waals surface area contributed by atoms with Crippen molar-refractivity contribution in [2.24, 2.45) is 0 Å². The fourth-order valence-corrected chi connectivity index (χ4v) is 2.33. The van der Waals surface area contributed by atoms with E-state index < -0.39 is 0 Å². The van der Waals surface area contributed by atoms with Crippen LogP contribution in [-0.4, -0.2) is 13.0 Å². The largest absolute Gasteiger partial charge is 0.497 e. The van der Waals surface area contributed by atoms with Crippen LogP contribution in [0.1, 0.15) is 9.67 Å². The first-order valence-electron chi connectivity index (χ1n) is 5.10. The van der Waals surface area contributed by atoms with E-state index in [9.17, 15) is 4.79 Å².